The average Bonchev–Trinajstić information content (AvgIpc) is 2.69. The summed E-state index contributed by atoms with van der Waals surface area (Å²) in [4.78, 5) is 17.5. The Bertz CT molecular complexity index is 849. The fourth-order valence-electron chi connectivity index (χ4n) is 2.89. The van der Waals surface area contributed by atoms with Crippen LogP contribution in [0.25, 0.3) is 0 Å². The van der Waals surface area contributed by atoms with Crippen LogP contribution in [0.1, 0.15) is 43.0 Å². The Morgan fingerprint density at radius 1 is 1.26 bits per heavy atom. The Morgan fingerprint density at radius 2 is 2.00 bits per heavy atom. The first-order chi connectivity index (χ1) is 13.0. The number of methoxy groups -OCH3 is 1. The van der Waals surface area contributed by atoms with Gasteiger partial charge in [0, 0.05) is 23.4 Å². The summed E-state index contributed by atoms with van der Waals surface area (Å²) in [6.45, 7) is 4.45. The van der Waals surface area contributed by atoms with E-state index >= 15 is 0 Å². The summed E-state index contributed by atoms with van der Waals surface area (Å²) >= 11 is 0. The molecule has 0 fully saturated rings. The third-order valence-electron chi connectivity index (χ3n) is 4.38. The normalized spacial score (nSPS) is 15.6. The molecule has 0 saturated heterocycles. The summed E-state index contributed by atoms with van der Waals surface area (Å²) in [6.07, 6.45) is 0.300. The van der Waals surface area contributed by atoms with Crippen LogP contribution in [0.3, 0.4) is 0 Å². The van der Waals surface area contributed by atoms with Crippen molar-refractivity contribution in [3.8, 4) is 5.75 Å². The van der Waals surface area contributed by atoms with Crippen molar-refractivity contribution in [2.45, 2.75) is 26.3 Å². The average molecular weight is 368 g/mol. The summed E-state index contributed by atoms with van der Waals surface area (Å²) in [5.41, 5.74) is 9.95. The van der Waals surface area contributed by atoms with Gasteiger partial charge in [-0.1, -0.05) is 25.1 Å². The molecule has 7 heteroatoms. The molecular formula is C20H24N4O3. The predicted molar refractivity (Wildman–Crippen MR) is 105 cm³/mol. The number of hydroxylamine groups is 1. The van der Waals surface area contributed by atoms with Gasteiger partial charge in [-0.2, -0.15) is 0 Å². The number of rotatable bonds is 5. The molecule has 0 aliphatic carbocycles. The van der Waals surface area contributed by atoms with E-state index in [0.29, 0.717) is 17.9 Å². The fourth-order valence-corrected chi connectivity index (χ4v) is 2.89. The van der Waals surface area contributed by atoms with Crippen molar-refractivity contribution in [3.05, 3.63) is 59.2 Å². The van der Waals surface area contributed by atoms with Gasteiger partial charge in [0.2, 0.25) is 0 Å². The largest absolute Gasteiger partial charge is 0.497 e. The van der Waals surface area contributed by atoms with Crippen LogP contribution in [0, 0.1) is 0 Å². The molecule has 2 aromatic rings. The number of hydrogen-bond acceptors (Lipinski definition) is 6. The number of anilines is 1. The number of hydrogen-bond donors (Lipinski definition) is 2. The van der Waals surface area contributed by atoms with Crippen LogP contribution < -0.4 is 15.8 Å². The molecule has 1 heterocycles. The molecule has 0 spiro atoms. The van der Waals surface area contributed by atoms with E-state index in [1.54, 1.807) is 7.11 Å². The van der Waals surface area contributed by atoms with Crippen molar-refractivity contribution in [1.29, 1.82) is 0 Å². The Balaban J connectivity index is 2.01. The minimum Gasteiger partial charge on any atom is -0.497 e. The molecule has 7 nitrogen and oxygen atoms in total. The Labute approximate surface area is 158 Å². The van der Waals surface area contributed by atoms with Gasteiger partial charge in [0.1, 0.15) is 17.5 Å². The van der Waals surface area contributed by atoms with Gasteiger partial charge in [-0.05, 0) is 43.2 Å². The lowest BCUT2D eigenvalue weighted by atomic mass is 9.92. The minimum atomic E-state index is -0.527. The number of carbonyl (C=O) groups is 1. The molecule has 3 N–H and O–H groups in total. The number of nitrogens with two attached hydrogens (primary N) is 1. The van der Waals surface area contributed by atoms with Crippen LogP contribution >= 0.6 is 0 Å². The zero-order valence-corrected chi connectivity index (χ0v) is 15.7. The van der Waals surface area contributed by atoms with Gasteiger partial charge in [-0.15, -0.1) is 10.3 Å². The predicted octanol–water partition coefficient (Wildman–Crippen LogP) is 3.46. The summed E-state index contributed by atoms with van der Waals surface area (Å²) in [7, 11) is 1.63. The van der Waals surface area contributed by atoms with Crippen molar-refractivity contribution < 1.29 is 14.4 Å². The maximum Gasteiger partial charge on any atom is 0.433 e. The zero-order chi connectivity index (χ0) is 19.4. The number of amides is 1. The number of nitrogens with one attached hydrogen (secondary N) is 1. The molecule has 0 bridgehead atoms. The molecule has 1 amide bonds. The number of carbonyl (C=O) groups excluding carboxylic acids is 1. The van der Waals surface area contributed by atoms with Gasteiger partial charge in [0.25, 0.3) is 0 Å². The number of nitrogens with zero attached hydrogens (tertiary/aromatic N) is 2. The highest BCUT2D eigenvalue weighted by Gasteiger charge is 2.29. The van der Waals surface area contributed by atoms with Gasteiger partial charge < -0.3 is 20.6 Å². The van der Waals surface area contributed by atoms with E-state index in [1.807, 2.05) is 56.3 Å². The van der Waals surface area contributed by atoms with E-state index < -0.39 is 6.09 Å². The third kappa shape index (κ3) is 3.97. The van der Waals surface area contributed by atoms with Crippen LogP contribution in [0.15, 0.2) is 47.6 Å². The summed E-state index contributed by atoms with van der Waals surface area (Å²) < 4.78 is 5.37. The third-order valence-corrected chi connectivity index (χ3v) is 4.38. The first-order valence-corrected chi connectivity index (χ1v) is 8.91. The van der Waals surface area contributed by atoms with E-state index in [0.717, 1.165) is 28.9 Å². The van der Waals surface area contributed by atoms with Crippen LogP contribution in [0.5, 0.6) is 5.75 Å². The van der Waals surface area contributed by atoms with Crippen LogP contribution in [-0.4, -0.2) is 30.6 Å². The molecule has 1 atom stereocenters. The molecule has 1 aliphatic rings. The van der Waals surface area contributed by atoms with Gasteiger partial charge in [0.05, 0.1) is 7.11 Å². The second-order valence-electron chi connectivity index (χ2n) is 6.31. The quantitative estimate of drug-likeness (QED) is 0.789. The molecule has 0 aromatic heterocycles. The van der Waals surface area contributed by atoms with Gasteiger partial charge in [-0.25, -0.2) is 4.79 Å². The van der Waals surface area contributed by atoms with E-state index in [1.165, 1.54) is 5.17 Å². The van der Waals surface area contributed by atoms with Gasteiger partial charge >= 0.3 is 6.09 Å². The summed E-state index contributed by atoms with van der Waals surface area (Å²) in [5, 5.41) is 8.63. The molecular weight excluding hydrogens is 344 g/mol. The zero-order valence-electron chi connectivity index (χ0n) is 15.7. The molecule has 0 radical (unpaired) electrons. The lowest BCUT2D eigenvalue weighted by molar-refractivity contribution is -0.130. The molecule has 3 rings (SSSR count). The monoisotopic (exact) mass is 368 g/mol. The Morgan fingerprint density at radius 3 is 2.67 bits per heavy atom. The molecule has 142 valence electrons. The maximum atomic E-state index is 12.0. The number of ether oxygens (including phenoxy) is 1. The fraction of sp³-hybridized carbons (Fsp3) is 0.300. The van der Waals surface area contributed by atoms with Crippen molar-refractivity contribution in [2.24, 2.45) is 5.10 Å². The molecule has 1 aliphatic heterocycles. The summed E-state index contributed by atoms with van der Waals surface area (Å²) in [5.74, 6) is 0.735. The molecule has 2 aromatic carbocycles. The lowest BCUT2D eigenvalue weighted by Gasteiger charge is -2.31. The lowest BCUT2D eigenvalue weighted by Crippen LogP contribution is -2.36. The molecule has 0 saturated carbocycles. The van der Waals surface area contributed by atoms with Crippen molar-refractivity contribution in [3.63, 3.8) is 0 Å². The van der Waals surface area contributed by atoms with E-state index in [4.69, 9.17) is 15.3 Å². The van der Waals surface area contributed by atoms with Crippen molar-refractivity contribution in [2.75, 3.05) is 19.4 Å². The number of nitrogen functional groups attached to an aromatic ring is 1. The van der Waals surface area contributed by atoms with Gasteiger partial charge in [0.15, 0.2) is 0 Å². The number of benzene rings is 2. The Kier molecular flexibility index (Phi) is 5.49. The second-order valence-corrected chi connectivity index (χ2v) is 6.31. The highest BCUT2D eigenvalue weighted by molar-refractivity contribution is 6.14. The highest BCUT2D eigenvalue weighted by atomic mass is 16.7. The standard InChI is InChI=1S/C20H24N4O3/c1-4-11-22-20(25)27-24-13(2)17-10-9-16(26-3)12-18(17)19(23-24)14-5-7-15(21)8-6-14/h5-10,12-13H,4,11,21H2,1-3H3,(H,22,25). The summed E-state index contributed by atoms with van der Waals surface area (Å²) in [6, 6.07) is 13.0. The topological polar surface area (TPSA) is 89.2 Å². The Hall–Kier alpha value is -3.22. The van der Waals surface area contributed by atoms with E-state index in [9.17, 15) is 4.79 Å². The van der Waals surface area contributed by atoms with Crippen molar-refractivity contribution in [1.82, 2.24) is 10.5 Å². The van der Waals surface area contributed by atoms with Crippen LogP contribution in [0.4, 0.5) is 10.5 Å². The number of fused-ring (bicyclic) bond motifs is 1. The molecule has 1 unspecified atom stereocenters. The first-order valence-electron chi connectivity index (χ1n) is 8.91. The van der Waals surface area contributed by atoms with Crippen molar-refractivity contribution >= 4 is 17.5 Å². The van der Waals surface area contributed by atoms with E-state index in [2.05, 4.69) is 10.4 Å². The maximum absolute atomic E-state index is 12.0. The van der Waals surface area contributed by atoms with E-state index in [-0.39, 0.29) is 6.04 Å². The van der Waals surface area contributed by atoms with Crippen LogP contribution in [-0.2, 0) is 4.84 Å². The highest BCUT2D eigenvalue weighted by Crippen LogP contribution is 2.34. The van der Waals surface area contributed by atoms with Gasteiger partial charge in [-0.3, -0.25) is 0 Å². The van der Waals surface area contributed by atoms with Crippen LogP contribution in [0.2, 0.25) is 0 Å². The smallest absolute Gasteiger partial charge is 0.433 e. The number of hydrazone groups is 1. The first kappa shape index (κ1) is 18.6. The SMILES string of the molecule is CCCNC(=O)ON1N=C(c2ccc(N)cc2)c2cc(OC)ccc2C1C. The minimum absolute atomic E-state index is 0.240. The molecule has 27 heavy (non-hydrogen) atoms. The second kappa shape index (κ2) is 7.99.